The molecule has 0 saturated carbocycles. The van der Waals surface area contributed by atoms with E-state index in [1.54, 1.807) is 41.3 Å². The van der Waals surface area contributed by atoms with Crippen molar-refractivity contribution in [3.8, 4) is 0 Å². The minimum absolute atomic E-state index is 0.115. The molecule has 0 aromatic heterocycles. The Hall–Kier alpha value is -2.71. The van der Waals surface area contributed by atoms with Crippen LogP contribution in [0, 0.1) is 20.8 Å². The van der Waals surface area contributed by atoms with Gasteiger partial charge in [-0.1, -0.05) is 23.8 Å². The summed E-state index contributed by atoms with van der Waals surface area (Å²) in [7, 11) is -3.60. The van der Waals surface area contributed by atoms with Gasteiger partial charge in [0.25, 0.3) is 5.91 Å². The lowest BCUT2D eigenvalue weighted by Crippen LogP contribution is -2.42. The summed E-state index contributed by atoms with van der Waals surface area (Å²) in [5.74, 6) is -0.512. The molecule has 0 atom stereocenters. The number of aryl methyl sites for hydroxylation is 3. The standard InChI is InChI=1S/C23H29N3O4S/c1-17-5-9-21(10-6-17)31(29,30)26-12-4-11-25(13-14-26)22(27)16-24-23(28)20-8-7-18(2)19(3)15-20/h5-10,15H,4,11-14,16H2,1-3H3,(H,24,28). The van der Waals surface area contributed by atoms with Crippen molar-refractivity contribution in [3.05, 3.63) is 64.7 Å². The number of rotatable bonds is 5. The molecule has 2 aromatic carbocycles. The predicted molar refractivity (Wildman–Crippen MR) is 119 cm³/mol. The third-order valence-electron chi connectivity index (χ3n) is 5.64. The highest BCUT2D eigenvalue weighted by molar-refractivity contribution is 7.89. The number of nitrogens with zero attached hydrogens (tertiary/aromatic N) is 2. The Labute approximate surface area is 184 Å². The van der Waals surface area contributed by atoms with Crippen molar-refractivity contribution in [2.75, 3.05) is 32.7 Å². The van der Waals surface area contributed by atoms with Gasteiger partial charge in [-0.25, -0.2) is 8.42 Å². The highest BCUT2D eigenvalue weighted by Gasteiger charge is 2.28. The van der Waals surface area contributed by atoms with E-state index in [4.69, 9.17) is 0 Å². The molecule has 0 bridgehead atoms. The van der Waals surface area contributed by atoms with Crippen LogP contribution < -0.4 is 5.32 Å². The molecule has 1 aliphatic heterocycles. The summed E-state index contributed by atoms with van der Waals surface area (Å²) in [6.45, 7) is 7.04. The van der Waals surface area contributed by atoms with E-state index >= 15 is 0 Å². The molecule has 3 rings (SSSR count). The number of hydrogen-bond donors (Lipinski definition) is 1. The second kappa shape index (κ2) is 9.62. The van der Waals surface area contributed by atoms with Crippen LogP contribution in [0.1, 0.15) is 33.5 Å². The fourth-order valence-corrected chi connectivity index (χ4v) is 4.96. The summed E-state index contributed by atoms with van der Waals surface area (Å²) < 4.78 is 27.3. The molecule has 0 spiro atoms. The number of carbonyl (C=O) groups is 2. The summed E-state index contributed by atoms with van der Waals surface area (Å²) in [4.78, 5) is 26.9. The van der Waals surface area contributed by atoms with Gasteiger partial charge in [-0.15, -0.1) is 0 Å². The quantitative estimate of drug-likeness (QED) is 0.768. The lowest BCUT2D eigenvalue weighted by molar-refractivity contribution is -0.129. The molecular formula is C23H29N3O4S. The minimum atomic E-state index is -3.60. The second-order valence-electron chi connectivity index (χ2n) is 7.93. The Morgan fingerprint density at radius 2 is 1.61 bits per heavy atom. The zero-order valence-corrected chi connectivity index (χ0v) is 19.0. The van der Waals surface area contributed by atoms with Gasteiger partial charge in [0.05, 0.1) is 11.4 Å². The van der Waals surface area contributed by atoms with Crippen LogP contribution in [-0.2, 0) is 14.8 Å². The first kappa shape index (κ1) is 23.0. The Morgan fingerprint density at radius 1 is 0.903 bits per heavy atom. The van der Waals surface area contributed by atoms with Gasteiger partial charge >= 0.3 is 0 Å². The Morgan fingerprint density at radius 3 is 2.29 bits per heavy atom. The van der Waals surface area contributed by atoms with E-state index in [-0.39, 0.29) is 29.8 Å². The highest BCUT2D eigenvalue weighted by atomic mass is 32.2. The molecule has 1 saturated heterocycles. The second-order valence-corrected chi connectivity index (χ2v) is 9.87. The largest absolute Gasteiger partial charge is 0.343 e. The summed E-state index contributed by atoms with van der Waals surface area (Å²) in [5.41, 5.74) is 3.63. The van der Waals surface area contributed by atoms with E-state index < -0.39 is 10.0 Å². The fourth-order valence-electron chi connectivity index (χ4n) is 3.50. The first-order valence-corrected chi connectivity index (χ1v) is 11.8. The lowest BCUT2D eigenvalue weighted by Gasteiger charge is -2.22. The van der Waals surface area contributed by atoms with E-state index in [1.165, 1.54) is 4.31 Å². The van der Waals surface area contributed by atoms with Gasteiger partial charge in [0.15, 0.2) is 0 Å². The maximum absolute atomic E-state index is 12.9. The summed E-state index contributed by atoms with van der Waals surface area (Å²) >= 11 is 0. The van der Waals surface area contributed by atoms with Crippen LogP contribution in [0.3, 0.4) is 0 Å². The molecule has 166 valence electrons. The highest BCUT2D eigenvalue weighted by Crippen LogP contribution is 2.18. The van der Waals surface area contributed by atoms with Crippen LogP contribution in [0.4, 0.5) is 0 Å². The molecule has 7 nitrogen and oxygen atoms in total. The average Bonchev–Trinajstić information content (AvgIpc) is 3.01. The Balaban J connectivity index is 1.57. The van der Waals surface area contributed by atoms with Gasteiger partial charge in [0.1, 0.15) is 0 Å². The molecule has 2 aromatic rings. The number of amides is 2. The van der Waals surface area contributed by atoms with Crippen molar-refractivity contribution in [1.82, 2.24) is 14.5 Å². The fraction of sp³-hybridized carbons (Fsp3) is 0.391. The third-order valence-corrected chi connectivity index (χ3v) is 7.55. The topological polar surface area (TPSA) is 86.8 Å². The van der Waals surface area contributed by atoms with Crippen LogP contribution in [0.15, 0.2) is 47.4 Å². The molecule has 0 aliphatic carbocycles. The first-order valence-electron chi connectivity index (χ1n) is 10.4. The van der Waals surface area contributed by atoms with Crippen LogP contribution in [0.2, 0.25) is 0 Å². The van der Waals surface area contributed by atoms with Crippen molar-refractivity contribution in [2.24, 2.45) is 0 Å². The average molecular weight is 444 g/mol. The van der Waals surface area contributed by atoms with Crippen LogP contribution in [0.5, 0.6) is 0 Å². The van der Waals surface area contributed by atoms with Crippen molar-refractivity contribution in [3.63, 3.8) is 0 Å². The molecule has 0 radical (unpaired) electrons. The third kappa shape index (κ3) is 5.51. The number of benzene rings is 2. The SMILES string of the molecule is Cc1ccc(S(=O)(=O)N2CCCN(C(=O)CNC(=O)c3ccc(C)c(C)c3)CC2)cc1. The van der Waals surface area contributed by atoms with E-state index in [0.717, 1.165) is 16.7 Å². The molecule has 1 N–H and O–H groups in total. The van der Waals surface area contributed by atoms with Crippen molar-refractivity contribution in [2.45, 2.75) is 32.1 Å². The summed E-state index contributed by atoms with van der Waals surface area (Å²) in [5, 5.41) is 2.67. The smallest absolute Gasteiger partial charge is 0.251 e. The van der Waals surface area contributed by atoms with E-state index in [1.807, 2.05) is 26.8 Å². The van der Waals surface area contributed by atoms with Crippen LogP contribution in [-0.4, -0.2) is 62.2 Å². The van der Waals surface area contributed by atoms with Crippen molar-refractivity contribution < 1.29 is 18.0 Å². The maximum atomic E-state index is 12.9. The Kier molecular flexibility index (Phi) is 7.12. The lowest BCUT2D eigenvalue weighted by atomic mass is 10.1. The van der Waals surface area contributed by atoms with E-state index in [2.05, 4.69) is 5.32 Å². The van der Waals surface area contributed by atoms with Gasteiger partial charge in [-0.2, -0.15) is 4.31 Å². The van der Waals surface area contributed by atoms with Gasteiger partial charge in [0.2, 0.25) is 15.9 Å². The van der Waals surface area contributed by atoms with Gasteiger partial charge < -0.3 is 10.2 Å². The number of carbonyl (C=O) groups excluding carboxylic acids is 2. The molecule has 1 heterocycles. The molecule has 0 unspecified atom stereocenters. The van der Waals surface area contributed by atoms with Crippen molar-refractivity contribution in [1.29, 1.82) is 0 Å². The van der Waals surface area contributed by atoms with Crippen molar-refractivity contribution >= 4 is 21.8 Å². The van der Waals surface area contributed by atoms with Crippen LogP contribution in [0.25, 0.3) is 0 Å². The maximum Gasteiger partial charge on any atom is 0.251 e. The molecule has 1 fully saturated rings. The number of hydrogen-bond acceptors (Lipinski definition) is 4. The minimum Gasteiger partial charge on any atom is -0.343 e. The van der Waals surface area contributed by atoms with E-state index in [0.29, 0.717) is 31.6 Å². The Bertz CT molecular complexity index is 1060. The molecular weight excluding hydrogens is 414 g/mol. The zero-order chi connectivity index (χ0) is 22.6. The molecule has 1 aliphatic rings. The normalized spacial score (nSPS) is 15.4. The van der Waals surface area contributed by atoms with Crippen LogP contribution >= 0.6 is 0 Å². The summed E-state index contributed by atoms with van der Waals surface area (Å²) in [6.07, 6.45) is 0.544. The molecule has 31 heavy (non-hydrogen) atoms. The van der Waals surface area contributed by atoms with Gasteiger partial charge in [-0.05, 0) is 62.6 Å². The molecule has 8 heteroatoms. The van der Waals surface area contributed by atoms with Gasteiger partial charge in [-0.3, -0.25) is 9.59 Å². The number of nitrogens with one attached hydrogen (secondary N) is 1. The summed E-state index contributed by atoms with van der Waals surface area (Å²) in [6, 6.07) is 12.2. The monoisotopic (exact) mass is 443 g/mol. The van der Waals surface area contributed by atoms with Gasteiger partial charge in [0, 0.05) is 31.7 Å². The number of sulfonamides is 1. The van der Waals surface area contributed by atoms with E-state index in [9.17, 15) is 18.0 Å². The predicted octanol–water partition coefficient (Wildman–Crippen LogP) is 2.26. The first-order chi connectivity index (χ1) is 14.7. The zero-order valence-electron chi connectivity index (χ0n) is 18.2. The molecule has 2 amide bonds.